The summed E-state index contributed by atoms with van der Waals surface area (Å²) >= 11 is 0. The van der Waals surface area contributed by atoms with Gasteiger partial charge < -0.3 is 31.9 Å². The highest BCUT2D eigenvalue weighted by molar-refractivity contribution is 5.93. The minimum atomic E-state index is -1.19. The summed E-state index contributed by atoms with van der Waals surface area (Å²) in [6.07, 6.45) is 0.608. The molecule has 27 heavy (non-hydrogen) atoms. The molecule has 10 heteroatoms. The first-order valence-electron chi connectivity index (χ1n) is 8.94. The molecule has 7 N–H and O–H groups in total. The molecule has 0 aromatic heterocycles. The molecule has 0 heterocycles. The van der Waals surface area contributed by atoms with Gasteiger partial charge in [0, 0.05) is 0 Å². The highest BCUT2D eigenvalue weighted by Crippen LogP contribution is 2.09. The number of rotatable bonds is 12. The molecule has 0 spiro atoms. The summed E-state index contributed by atoms with van der Waals surface area (Å²) in [5.41, 5.74) is 5.47. The quantitative estimate of drug-likeness (QED) is 0.238. The molecule has 0 aliphatic heterocycles. The fourth-order valence-electron chi connectivity index (χ4n) is 2.33. The van der Waals surface area contributed by atoms with E-state index in [2.05, 4.69) is 16.0 Å². The fraction of sp³-hybridized carbons (Fsp3) is 0.765. The number of carboxylic acids is 1. The summed E-state index contributed by atoms with van der Waals surface area (Å²) in [5.74, 6) is -2.92. The molecule has 0 radical (unpaired) electrons. The largest absolute Gasteiger partial charge is 0.480 e. The Kier molecular flexibility index (Phi) is 11.2. The maximum Gasteiger partial charge on any atom is 0.322 e. The van der Waals surface area contributed by atoms with Crippen LogP contribution in [0.3, 0.4) is 0 Å². The lowest BCUT2D eigenvalue weighted by Gasteiger charge is -2.25. The number of amides is 3. The van der Waals surface area contributed by atoms with E-state index >= 15 is 0 Å². The van der Waals surface area contributed by atoms with E-state index < -0.39 is 55.0 Å². The Morgan fingerprint density at radius 3 is 1.70 bits per heavy atom. The second kappa shape index (κ2) is 12.2. The molecule has 3 amide bonds. The topological polar surface area (TPSA) is 171 Å². The van der Waals surface area contributed by atoms with Gasteiger partial charge in [0.05, 0.1) is 6.61 Å². The third kappa shape index (κ3) is 10.5. The van der Waals surface area contributed by atoms with Crippen LogP contribution >= 0.6 is 0 Å². The van der Waals surface area contributed by atoms with Crippen molar-refractivity contribution in [2.75, 3.05) is 13.2 Å². The number of aliphatic carboxylic acids is 1. The molecule has 3 atom stereocenters. The van der Waals surface area contributed by atoms with Gasteiger partial charge in [0.2, 0.25) is 17.7 Å². The molecule has 0 aliphatic rings. The lowest BCUT2D eigenvalue weighted by Crippen LogP contribution is -2.57. The number of nitrogens with two attached hydrogens (primary N) is 1. The van der Waals surface area contributed by atoms with Crippen molar-refractivity contribution in [2.45, 2.75) is 58.7 Å². The number of aliphatic hydroxyl groups excluding tert-OH is 1. The predicted octanol–water partition coefficient (Wildman–Crippen LogP) is -1.43. The second-order valence-corrected chi connectivity index (χ2v) is 7.28. The van der Waals surface area contributed by atoms with Crippen molar-refractivity contribution in [2.24, 2.45) is 17.6 Å². The van der Waals surface area contributed by atoms with Crippen LogP contribution < -0.4 is 21.7 Å². The third-order valence-electron chi connectivity index (χ3n) is 3.63. The van der Waals surface area contributed by atoms with Gasteiger partial charge in [0.15, 0.2) is 0 Å². The van der Waals surface area contributed by atoms with Crippen LogP contribution in [0.1, 0.15) is 40.5 Å². The molecular weight excluding hydrogens is 356 g/mol. The average Bonchev–Trinajstić information content (AvgIpc) is 2.56. The van der Waals surface area contributed by atoms with Crippen LogP contribution in [-0.2, 0) is 19.2 Å². The molecule has 0 aromatic carbocycles. The van der Waals surface area contributed by atoms with Crippen LogP contribution in [0.5, 0.6) is 0 Å². The Bertz CT molecular complexity index is 524. The first-order valence-corrected chi connectivity index (χ1v) is 8.94. The van der Waals surface area contributed by atoms with Gasteiger partial charge in [-0.3, -0.25) is 19.2 Å². The number of carboxylic acid groups (broad SMARTS) is 1. The zero-order valence-corrected chi connectivity index (χ0v) is 16.3. The molecule has 0 saturated carbocycles. The number of nitrogens with one attached hydrogen (secondary N) is 3. The van der Waals surface area contributed by atoms with Crippen LogP contribution in [0.2, 0.25) is 0 Å². The minimum Gasteiger partial charge on any atom is -0.480 e. The number of carbonyl (C=O) groups is 4. The van der Waals surface area contributed by atoms with Gasteiger partial charge in [-0.2, -0.15) is 0 Å². The van der Waals surface area contributed by atoms with Gasteiger partial charge in [-0.05, 0) is 24.7 Å². The van der Waals surface area contributed by atoms with E-state index in [1.807, 2.05) is 27.7 Å². The Hall–Kier alpha value is -2.20. The zero-order valence-electron chi connectivity index (χ0n) is 16.3. The average molecular weight is 388 g/mol. The minimum absolute atomic E-state index is 0.0619. The van der Waals surface area contributed by atoms with Crippen LogP contribution in [0, 0.1) is 11.8 Å². The Labute approximate surface area is 159 Å². The highest BCUT2D eigenvalue weighted by atomic mass is 16.4. The first-order chi connectivity index (χ1) is 12.5. The van der Waals surface area contributed by atoms with E-state index in [9.17, 15) is 19.2 Å². The van der Waals surface area contributed by atoms with Crippen LogP contribution in [0.25, 0.3) is 0 Å². The van der Waals surface area contributed by atoms with Gasteiger partial charge in [0.25, 0.3) is 0 Å². The summed E-state index contributed by atoms with van der Waals surface area (Å²) in [7, 11) is 0. The van der Waals surface area contributed by atoms with Gasteiger partial charge in [-0.25, -0.2) is 0 Å². The van der Waals surface area contributed by atoms with Crippen molar-refractivity contribution in [3.05, 3.63) is 0 Å². The summed E-state index contributed by atoms with van der Waals surface area (Å²) in [5, 5.41) is 25.0. The van der Waals surface area contributed by atoms with Gasteiger partial charge >= 0.3 is 5.97 Å². The standard InChI is InChI=1S/C17H32N4O6/c1-9(2)5-12(16(26)19-7-14(23)24)21-17(27)13(6-10(3)4)20-15(25)11(18)8-22/h9-13,22H,5-8,18H2,1-4H3,(H,19,26)(H,20,25)(H,21,27)(H,23,24). The van der Waals surface area contributed by atoms with Gasteiger partial charge in [-0.15, -0.1) is 0 Å². The van der Waals surface area contributed by atoms with Crippen LogP contribution in [-0.4, -0.2) is 65.2 Å². The Morgan fingerprint density at radius 1 is 0.852 bits per heavy atom. The van der Waals surface area contributed by atoms with E-state index in [0.29, 0.717) is 12.8 Å². The molecule has 0 fully saturated rings. The molecule has 0 aliphatic carbocycles. The van der Waals surface area contributed by atoms with E-state index in [4.69, 9.17) is 15.9 Å². The van der Waals surface area contributed by atoms with Crippen LogP contribution in [0.4, 0.5) is 0 Å². The molecule has 3 unspecified atom stereocenters. The fourth-order valence-corrected chi connectivity index (χ4v) is 2.33. The molecule has 0 aromatic rings. The van der Waals surface area contributed by atoms with Crippen molar-refractivity contribution < 1.29 is 29.4 Å². The monoisotopic (exact) mass is 388 g/mol. The second-order valence-electron chi connectivity index (χ2n) is 7.28. The van der Waals surface area contributed by atoms with E-state index in [1.54, 1.807) is 0 Å². The predicted molar refractivity (Wildman–Crippen MR) is 98.5 cm³/mol. The Balaban J connectivity index is 5.18. The molecule has 0 bridgehead atoms. The zero-order chi connectivity index (χ0) is 21.1. The summed E-state index contributed by atoms with van der Waals surface area (Å²) in [6, 6.07) is -3.02. The number of hydrogen-bond donors (Lipinski definition) is 6. The third-order valence-corrected chi connectivity index (χ3v) is 3.63. The number of aliphatic hydroxyl groups is 1. The molecule has 10 nitrogen and oxygen atoms in total. The highest BCUT2D eigenvalue weighted by Gasteiger charge is 2.29. The van der Waals surface area contributed by atoms with Gasteiger partial charge in [-0.1, -0.05) is 27.7 Å². The first kappa shape index (κ1) is 24.8. The molecular formula is C17H32N4O6. The molecule has 156 valence electrons. The summed E-state index contributed by atoms with van der Waals surface area (Å²) in [6.45, 7) is 6.33. The number of hydrogen-bond acceptors (Lipinski definition) is 6. The van der Waals surface area contributed by atoms with Crippen molar-refractivity contribution in [1.82, 2.24) is 16.0 Å². The molecule has 0 rings (SSSR count). The van der Waals surface area contributed by atoms with Crippen molar-refractivity contribution in [1.29, 1.82) is 0 Å². The normalized spacial score (nSPS) is 14.4. The lowest BCUT2D eigenvalue weighted by atomic mass is 10.00. The van der Waals surface area contributed by atoms with Crippen molar-refractivity contribution in [3.8, 4) is 0 Å². The van der Waals surface area contributed by atoms with E-state index in [0.717, 1.165) is 0 Å². The number of carbonyl (C=O) groups excluding carboxylic acids is 3. The van der Waals surface area contributed by atoms with Crippen molar-refractivity contribution >= 4 is 23.7 Å². The SMILES string of the molecule is CC(C)CC(NC(=O)C(N)CO)C(=O)NC(CC(C)C)C(=O)NCC(=O)O. The summed E-state index contributed by atoms with van der Waals surface area (Å²) in [4.78, 5) is 47.4. The van der Waals surface area contributed by atoms with Crippen molar-refractivity contribution in [3.63, 3.8) is 0 Å². The van der Waals surface area contributed by atoms with E-state index in [-0.39, 0.29) is 11.8 Å². The van der Waals surface area contributed by atoms with Gasteiger partial charge in [0.1, 0.15) is 24.7 Å². The Morgan fingerprint density at radius 2 is 1.30 bits per heavy atom. The maximum absolute atomic E-state index is 12.6. The summed E-state index contributed by atoms with van der Waals surface area (Å²) < 4.78 is 0. The van der Waals surface area contributed by atoms with Crippen LogP contribution in [0.15, 0.2) is 0 Å². The lowest BCUT2D eigenvalue weighted by molar-refractivity contribution is -0.138. The smallest absolute Gasteiger partial charge is 0.322 e. The molecule has 0 saturated heterocycles. The van der Waals surface area contributed by atoms with E-state index in [1.165, 1.54) is 0 Å². The maximum atomic E-state index is 12.6.